The predicted molar refractivity (Wildman–Crippen MR) is 117 cm³/mol. The third-order valence-corrected chi connectivity index (χ3v) is 5.02. The summed E-state index contributed by atoms with van der Waals surface area (Å²) in [5.74, 6) is 0.850. The molecule has 2 N–H and O–H groups in total. The van der Waals surface area contributed by atoms with Crippen LogP contribution in [0.15, 0.2) is 61.3 Å². The van der Waals surface area contributed by atoms with Crippen molar-refractivity contribution in [3.63, 3.8) is 0 Å². The smallest absolute Gasteiger partial charge is 0.164 e. The lowest BCUT2D eigenvalue weighted by Crippen LogP contribution is -2.12. The van der Waals surface area contributed by atoms with Crippen molar-refractivity contribution in [3.05, 3.63) is 72.7 Å². The number of hydrogen-bond donors (Lipinski definition) is 1. The Labute approximate surface area is 182 Å². The van der Waals surface area contributed by atoms with Crippen LogP contribution in [0.25, 0.3) is 33.8 Å². The molecule has 154 valence electrons. The third-order valence-electron chi connectivity index (χ3n) is 5.02. The van der Waals surface area contributed by atoms with Crippen molar-refractivity contribution in [2.45, 2.75) is 13.0 Å². The summed E-state index contributed by atoms with van der Waals surface area (Å²) in [5.41, 5.74) is 9.59. The quantitative estimate of drug-likeness (QED) is 0.464. The fourth-order valence-electron chi connectivity index (χ4n) is 3.44. The highest BCUT2D eigenvalue weighted by atomic mass is 15.3. The van der Waals surface area contributed by atoms with E-state index >= 15 is 0 Å². The van der Waals surface area contributed by atoms with E-state index in [1.807, 2.05) is 31.2 Å². The zero-order chi connectivity index (χ0) is 22.1. The Morgan fingerprint density at radius 1 is 1.03 bits per heavy atom. The van der Waals surface area contributed by atoms with Crippen LogP contribution in [0.2, 0.25) is 0 Å². The van der Waals surface area contributed by atoms with Crippen LogP contribution in [-0.4, -0.2) is 39.7 Å². The van der Waals surface area contributed by atoms with Gasteiger partial charge in [0.1, 0.15) is 29.6 Å². The van der Waals surface area contributed by atoms with Crippen LogP contribution >= 0.6 is 0 Å². The number of nitrogens with zero attached hydrogens (tertiary/aromatic N) is 9. The van der Waals surface area contributed by atoms with Gasteiger partial charge in [-0.15, -0.1) is 0 Å². The first-order chi connectivity index (χ1) is 15.7. The maximum Gasteiger partial charge on any atom is 0.164 e. The molecule has 1 atom stereocenters. The zero-order valence-electron chi connectivity index (χ0n) is 17.0. The second kappa shape index (κ2) is 7.81. The average molecular weight is 420 g/mol. The standard InChI is InChI=1S/C22H16N10/c1-13(16-7-9-26-21(30-16)14-4-3-8-25-11-14)32-22-18(20(24)27-12-28-22)19(31-32)17-6-2-5-15(10-23)29-17/h2-9,11-13H,1H3,(H2,24,27,28). The number of nitrogen functional groups attached to an aromatic ring is 1. The van der Waals surface area contributed by atoms with Gasteiger partial charge in [0.25, 0.3) is 0 Å². The number of pyridine rings is 2. The fraction of sp³-hybridized carbons (Fsp3) is 0.0909. The minimum atomic E-state index is -0.293. The monoisotopic (exact) mass is 420 g/mol. The van der Waals surface area contributed by atoms with E-state index in [1.54, 1.807) is 41.5 Å². The van der Waals surface area contributed by atoms with Crippen LogP contribution in [0.5, 0.6) is 0 Å². The van der Waals surface area contributed by atoms with Crippen molar-refractivity contribution in [3.8, 4) is 28.8 Å². The summed E-state index contributed by atoms with van der Waals surface area (Å²) >= 11 is 0. The highest BCUT2D eigenvalue weighted by molar-refractivity contribution is 5.97. The molecule has 0 fully saturated rings. The minimum Gasteiger partial charge on any atom is -0.383 e. The van der Waals surface area contributed by atoms with E-state index in [0.717, 1.165) is 11.3 Å². The van der Waals surface area contributed by atoms with Crippen LogP contribution < -0.4 is 5.73 Å². The molecule has 1 unspecified atom stereocenters. The number of anilines is 1. The van der Waals surface area contributed by atoms with Crippen LogP contribution in [0.1, 0.15) is 24.4 Å². The Kier molecular flexibility index (Phi) is 4.68. The first-order valence-corrected chi connectivity index (χ1v) is 9.75. The van der Waals surface area contributed by atoms with Crippen molar-refractivity contribution in [2.75, 3.05) is 5.73 Å². The molecule has 0 spiro atoms. The second-order valence-electron chi connectivity index (χ2n) is 6.99. The van der Waals surface area contributed by atoms with Crippen LogP contribution in [0.4, 0.5) is 5.82 Å². The number of fused-ring (bicyclic) bond motifs is 1. The van der Waals surface area contributed by atoms with Gasteiger partial charge in [-0.2, -0.15) is 10.4 Å². The van der Waals surface area contributed by atoms with Crippen molar-refractivity contribution < 1.29 is 0 Å². The van der Waals surface area contributed by atoms with Gasteiger partial charge in [-0.25, -0.2) is 29.6 Å². The Morgan fingerprint density at radius 2 is 1.94 bits per heavy atom. The molecule has 5 heterocycles. The third kappa shape index (κ3) is 3.27. The van der Waals surface area contributed by atoms with Crippen LogP contribution in [0.3, 0.4) is 0 Å². The molecular weight excluding hydrogens is 404 g/mol. The van der Waals surface area contributed by atoms with E-state index in [1.165, 1.54) is 6.33 Å². The van der Waals surface area contributed by atoms with Gasteiger partial charge in [-0.3, -0.25) is 4.98 Å². The minimum absolute atomic E-state index is 0.283. The van der Waals surface area contributed by atoms with Gasteiger partial charge in [-0.1, -0.05) is 6.07 Å². The molecule has 10 nitrogen and oxygen atoms in total. The zero-order valence-corrected chi connectivity index (χ0v) is 17.0. The Balaban J connectivity index is 1.65. The fourth-order valence-corrected chi connectivity index (χ4v) is 3.44. The molecule has 0 amide bonds. The van der Waals surface area contributed by atoms with E-state index in [4.69, 9.17) is 15.8 Å². The molecule has 5 aromatic rings. The SMILES string of the molecule is CC(c1ccnc(-c2cccnc2)n1)n1nc(-c2cccc(C#N)n2)c2c(N)ncnc21. The lowest BCUT2D eigenvalue weighted by atomic mass is 10.2. The highest BCUT2D eigenvalue weighted by Crippen LogP contribution is 2.32. The van der Waals surface area contributed by atoms with E-state index in [9.17, 15) is 5.26 Å². The molecule has 32 heavy (non-hydrogen) atoms. The first-order valence-electron chi connectivity index (χ1n) is 9.75. The summed E-state index contributed by atoms with van der Waals surface area (Å²) in [6.07, 6.45) is 6.52. The summed E-state index contributed by atoms with van der Waals surface area (Å²) in [6.45, 7) is 1.96. The number of nitriles is 1. The molecule has 0 radical (unpaired) electrons. The molecule has 5 aromatic heterocycles. The Bertz CT molecular complexity index is 1470. The van der Waals surface area contributed by atoms with Gasteiger partial charge >= 0.3 is 0 Å². The molecule has 0 saturated heterocycles. The van der Waals surface area contributed by atoms with Gasteiger partial charge in [0, 0.05) is 24.2 Å². The summed E-state index contributed by atoms with van der Waals surface area (Å²) in [7, 11) is 0. The maximum absolute atomic E-state index is 9.23. The normalized spacial score (nSPS) is 11.9. The largest absolute Gasteiger partial charge is 0.383 e. The lowest BCUT2D eigenvalue weighted by molar-refractivity contribution is 0.566. The first kappa shape index (κ1) is 19.2. The molecule has 0 aliphatic rings. The van der Waals surface area contributed by atoms with Crippen LogP contribution in [-0.2, 0) is 0 Å². The number of hydrogen-bond acceptors (Lipinski definition) is 9. The van der Waals surface area contributed by atoms with Crippen molar-refractivity contribution in [2.24, 2.45) is 0 Å². The molecular formula is C22H16N10. The Morgan fingerprint density at radius 3 is 2.75 bits per heavy atom. The second-order valence-corrected chi connectivity index (χ2v) is 6.99. The lowest BCUT2D eigenvalue weighted by Gasteiger charge is -2.13. The van der Waals surface area contributed by atoms with Crippen molar-refractivity contribution in [1.29, 1.82) is 5.26 Å². The van der Waals surface area contributed by atoms with E-state index < -0.39 is 0 Å². The van der Waals surface area contributed by atoms with Crippen molar-refractivity contribution in [1.82, 2.24) is 39.7 Å². The Hall–Kier alpha value is -4.78. The molecule has 0 aliphatic carbocycles. The molecule has 0 aliphatic heterocycles. The number of nitrogens with two attached hydrogens (primary N) is 1. The van der Waals surface area contributed by atoms with Gasteiger partial charge in [0.05, 0.1) is 22.8 Å². The summed E-state index contributed by atoms with van der Waals surface area (Å²) in [6, 6.07) is 12.5. The van der Waals surface area contributed by atoms with Crippen LogP contribution in [0, 0.1) is 11.3 Å². The van der Waals surface area contributed by atoms with Gasteiger partial charge < -0.3 is 5.73 Å². The van der Waals surface area contributed by atoms with E-state index in [0.29, 0.717) is 28.2 Å². The average Bonchev–Trinajstić information content (AvgIpc) is 3.25. The molecule has 0 bridgehead atoms. The molecule has 5 rings (SSSR count). The molecule has 0 saturated carbocycles. The van der Waals surface area contributed by atoms with Crippen molar-refractivity contribution >= 4 is 16.9 Å². The topological polar surface area (TPSA) is 145 Å². The number of aromatic nitrogens is 8. The summed E-state index contributed by atoms with van der Waals surface area (Å²) in [4.78, 5) is 26.1. The van der Waals surface area contributed by atoms with Gasteiger partial charge in [-0.05, 0) is 37.3 Å². The maximum atomic E-state index is 9.23. The molecule has 0 aromatic carbocycles. The summed E-state index contributed by atoms with van der Waals surface area (Å²) in [5, 5.41) is 14.6. The highest BCUT2D eigenvalue weighted by Gasteiger charge is 2.22. The van der Waals surface area contributed by atoms with Gasteiger partial charge in [0.15, 0.2) is 11.5 Å². The van der Waals surface area contributed by atoms with E-state index in [-0.39, 0.29) is 17.6 Å². The summed E-state index contributed by atoms with van der Waals surface area (Å²) < 4.78 is 1.73. The van der Waals surface area contributed by atoms with Gasteiger partial charge in [0.2, 0.25) is 0 Å². The molecule has 10 heteroatoms. The number of rotatable bonds is 4. The predicted octanol–water partition coefficient (Wildman–Crippen LogP) is 2.80. The van der Waals surface area contributed by atoms with E-state index in [2.05, 4.69) is 24.9 Å².